The van der Waals surface area contributed by atoms with Crippen LogP contribution in [0.25, 0.3) is 0 Å². The first-order chi connectivity index (χ1) is 14.5. The number of hydrogen-bond acceptors (Lipinski definition) is 3. The number of nitrogens with zero attached hydrogens (tertiary/aromatic N) is 1. The van der Waals surface area contributed by atoms with Crippen molar-refractivity contribution < 1.29 is 9.53 Å². The lowest BCUT2D eigenvalue weighted by Crippen LogP contribution is -2.10. The Labute approximate surface area is 179 Å². The Kier molecular flexibility index (Phi) is 7.08. The number of benzene rings is 3. The summed E-state index contributed by atoms with van der Waals surface area (Å²) >= 11 is 0. The normalized spacial score (nSPS) is 11.6. The van der Waals surface area contributed by atoms with Gasteiger partial charge in [0, 0.05) is 23.1 Å². The fourth-order valence-corrected chi connectivity index (χ4v) is 3.40. The van der Waals surface area contributed by atoms with Gasteiger partial charge in [-0.15, -0.1) is 0 Å². The molecule has 30 heavy (non-hydrogen) atoms. The lowest BCUT2D eigenvalue weighted by molar-refractivity contribution is -0.137. The Morgan fingerprint density at radius 1 is 0.933 bits per heavy atom. The highest BCUT2D eigenvalue weighted by Crippen LogP contribution is 2.36. The van der Waals surface area contributed by atoms with E-state index in [-0.39, 0.29) is 5.97 Å². The molecular weight excluding hydrogens is 370 g/mol. The second kappa shape index (κ2) is 9.93. The minimum Gasteiger partial charge on any atom is -0.463 e. The monoisotopic (exact) mass is 399 g/mol. The Hall–Kier alpha value is -3.33. The Bertz CT molecular complexity index is 993. The highest BCUT2D eigenvalue weighted by Gasteiger charge is 2.14. The third kappa shape index (κ3) is 5.18. The van der Waals surface area contributed by atoms with Gasteiger partial charge in [0.2, 0.25) is 0 Å². The van der Waals surface area contributed by atoms with Gasteiger partial charge >= 0.3 is 5.97 Å². The van der Waals surface area contributed by atoms with Crippen molar-refractivity contribution in [1.82, 2.24) is 0 Å². The highest BCUT2D eigenvalue weighted by molar-refractivity contribution is 5.81. The van der Waals surface area contributed by atoms with Gasteiger partial charge in [0.15, 0.2) is 0 Å². The largest absolute Gasteiger partial charge is 0.463 e. The zero-order valence-corrected chi connectivity index (χ0v) is 18.0. The predicted octanol–water partition coefficient (Wildman–Crippen LogP) is 7.00. The first kappa shape index (κ1) is 21.4. The van der Waals surface area contributed by atoms with Crippen LogP contribution < -0.4 is 4.90 Å². The third-order valence-corrected chi connectivity index (χ3v) is 5.45. The molecule has 0 amide bonds. The van der Waals surface area contributed by atoms with Crippen molar-refractivity contribution in [1.29, 1.82) is 0 Å². The van der Waals surface area contributed by atoms with E-state index in [1.807, 2.05) is 6.07 Å². The lowest BCUT2D eigenvalue weighted by Gasteiger charge is -2.26. The SMILES string of the molecule is C=CC(=O)OCCC(C)c1ccc(N(c2ccccc2)c2ccc(C)c(C)c2)cc1. The molecule has 3 nitrogen and oxygen atoms in total. The number of aryl methyl sites for hydroxylation is 2. The van der Waals surface area contributed by atoms with Gasteiger partial charge in [0.1, 0.15) is 0 Å². The molecule has 1 atom stereocenters. The second-order valence-corrected chi connectivity index (χ2v) is 7.59. The van der Waals surface area contributed by atoms with Crippen LogP contribution >= 0.6 is 0 Å². The Morgan fingerprint density at radius 2 is 1.57 bits per heavy atom. The fraction of sp³-hybridized carbons (Fsp3) is 0.222. The van der Waals surface area contributed by atoms with Crippen molar-refractivity contribution in [3.05, 3.63) is 102 Å². The maximum Gasteiger partial charge on any atom is 0.330 e. The summed E-state index contributed by atoms with van der Waals surface area (Å²) in [6.07, 6.45) is 1.98. The highest BCUT2D eigenvalue weighted by atomic mass is 16.5. The molecule has 0 aliphatic carbocycles. The lowest BCUT2D eigenvalue weighted by atomic mass is 9.97. The van der Waals surface area contributed by atoms with Gasteiger partial charge in [-0.05, 0) is 79.3 Å². The molecular formula is C27H29NO2. The van der Waals surface area contributed by atoms with E-state index in [4.69, 9.17) is 4.74 Å². The van der Waals surface area contributed by atoms with Crippen molar-refractivity contribution in [2.24, 2.45) is 0 Å². The van der Waals surface area contributed by atoms with Crippen molar-refractivity contribution in [2.75, 3.05) is 11.5 Å². The van der Waals surface area contributed by atoms with E-state index in [9.17, 15) is 4.79 Å². The van der Waals surface area contributed by atoms with Gasteiger partial charge in [-0.25, -0.2) is 4.79 Å². The summed E-state index contributed by atoms with van der Waals surface area (Å²) in [5.74, 6) is -0.0760. The molecule has 3 aromatic carbocycles. The quantitative estimate of drug-likeness (QED) is 0.302. The van der Waals surface area contributed by atoms with Crippen molar-refractivity contribution in [2.45, 2.75) is 33.1 Å². The summed E-state index contributed by atoms with van der Waals surface area (Å²) in [7, 11) is 0. The topological polar surface area (TPSA) is 29.5 Å². The number of ether oxygens (including phenoxy) is 1. The summed E-state index contributed by atoms with van der Waals surface area (Å²) in [5, 5.41) is 0. The fourth-order valence-electron chi connectivity index (χ4n) is 3.40. The number of anilines is 3. The number of carbonyl (C=O) groups excluding carboxylic acids is 1. The van der Waals surface area contributed by atoms with Crippen LogP contribution in [0, 0.1) is 13.8 Å². The molecule has 1 unspecified atom stereocenters. The molecule has 3 heteroatoms. The minimum absolute atomic E-state index is 0.295. The van der Waals surface area contributed by atoms with Gasteiger partial charge < -0.3 is 9.64 Å². The molecule has 0 radical (unpaired) electrons. The summed E-state index contributed by atoms with van der Waals surface area (Å²) < 4.78 is 5.12. The zero-order valence-electron chi connectivity index (χ0n) is 18.0. The van der Waals surface area contributed by atoms with E-state index >= 15 is 0 Å². The van der Waals surface area contributed by atoms with Gasteiger partial charge in [0.05, 0.1) is 6.61 Å². The van der Waals surface area contributed by atoms with Crippen LogP contribution in [-0.4, -0.2) is 12.6 Å². The van der Waals surface area contributed by atoms with Crippen LogP contribution in [0.4, 0.5) is 17.1 Å². The predicted molar refractivity (Wildman–Crippen MR) is 125 cm³/mol. The molecule has 154 valence electrons. The number of para-hydroxylation sites is 1. The minimum atomic E-state index is -0.371. The van der Waals surface area contributed by atoms with Crippen LogP contribution in [0.5, 0.6) is 0 Å². The van der Waals surface area contributed by atoms with E-state index in [1.165, 1.54) is 22.8 Å². The van der Waals surface area contributed by atoms with E-state index < -0.39 is 0 Å². The average molecular weight is 400 g/mol. The molecule has 3 rings (SSSR count). The third-order valence-electron chi connectivity index (χ3n) is 5.45. The maximum absolute atomic E-state index is 11.2. The van der Waals surface area contributed by atoms with Crippen LogP contribution in [0.15, 0.2) is 85.5 Å². The molecule has 3 aromatic rings. The average Bonchev–Trinajstić information content (AvgIpc) is 2.77. The van der Waals surface area contributed by atoms with E-state index in [0.717, 1.165) is 23.5 Å². The van der Waals surface area contributed by atoms with Crippen LogP contribution in [0.3, 0.4) is 0 Å². The summed E-state index contributed by atoms with van der Waals surface area (Å²) in [5.41, 5.74) is 7.15. The molecule has 0 spiro atoms. The number of hydrogen-bond donors (Lipinski definition) is 0. The molecule has 0 aliphatic rings. The Balaban J connectivity index is 1.85. The zero-order chi connectivity index (χ0) is 21.5. The van der Waals surface area contributed by atoms with E-state index in [1.54, 1.807) is 0 Å². The van der Waals surface area contributed by atoms with Crippen molar-refractivity contribution >= 4 is 23.0 Å². The molecule has 0 fully saturated rings. The summed E-state index contributed by atoms with van der Waals surface area (Å²) in [6.45, 7) is 10.2. The van der Waals surface area contributed by atoms with Crippen LogP contribution in [-0.2, 0) is 9.53 Å². The van der Waals surface area contributed by atoms with Gasteiger partial charge in [-0.1, -0.05) is 49.9 Å². The first-order valence-electron chi connectivity index (χ1n) is 10.3. The molecule has 0 bridgehead atoms. The first-order valence-corrected chi connectivity index (χ1v) is 10.3. The van der Waals surface area contributed by atoms with E-state index in [0.29, 0.717) is 12.5 Å². The molecule has 0 saturated carbocycles. The van der Waals surface area contributed by atoms with Crippen LogP contribution in [0.1, 0.15) is 36.0 Å². The number of esters is 1. The molecule has 0 saturated heterocycles. The van der Waals surface area contributed by atoms with Crippen molar-refractivity contribution in [3.63, 3.8) is 0 Å². The van der Waals surface area contributed by atoms with Gasteiger partial charge in [0.25, 0.3) is 0 Å². The summed E-state index contributed by atoms with van der Waals surface area (Å²) in [6, 6.07) is 25.6. The van der Waals surface area contributed by atoms with Crippen LogP contribution in [0.2, 0.25) is 0 Å². The maximum atomic E-state index is 11.2. The van der Waals surface area contributed by atoms with E-state index in [2.05, 4.69) is 99.0 Å². The molecule has 0 aromatic heterocycles. The molecule has 0 N–H and O–H groups in total. The van der Waals surface area contributed by atoms with Gasteiger partial charge in [-0.2, -0.15) is 0 Å². The smallest absolute Gasteiger partial charge is 0.330 e. The Morgan fingerprint density at radius 3 is 2.20 bits per heavy atom. The number of rotatable bonds is 8. The molecule has 0 heterocycles. The summed E-state index contributed by atoms with van der Waals surface area (Å²) in [4.78, 5) is 13.5. The molecule has 0 aliphatic heterocycles. The number of carbonyl (C=O) groups is 1. The van der Waals surface area contributed by atoms with Crippen molar-refractivity contribution in [3.8, 4) is 0 Å². The standard InChI is InChI=1S/C27H29NO2/c1-5-27(29)30-18-17-21(3)23-12-15-25(16-13-23)28(24-9-7-6-8-10-24)26-14-11-20(2)22(4)19-26/h5-16,19,21H,1,17-18H2,2-4H3. The van der Waals surface area contributed by atoms with Gasteiger partial charge in [-0.3, -0.25) is 0 Å². The second-order valence-electron chi connectivity index (χ2n) is 7.59.